The van der Waals surface area contributed by atoms with Crippen molar-refractivity contribution in [3.05, 3.63) is 41.4 Å². The highest BCUT2D eigenvalue weighted by molar-refractivity contribution is 7.18. The highest BCUT2D eigenvalue weighted by atomic mass is 32.1. The second-order valence-corrected chi connectivity index (χ2v) is 10.7. The van der Waals surface area contributed by atoms with Gasteiger partial charge < -0.3 is 15.0 Å². The van der Waals surface area contributed by atoms with Crippen molar-refractivity contribution in [2.45, 2.75) is 45.7 Å². The minimum absolute atomic E-state index is 0.125. The smallest absolute Gasteiger partial charge is 0.130 e. The van der Waals surface area contributed by atoms with Gasteiger partial charge in [0.15, 0.2) is 0 Å². The number of rotatable bonds is 4. The summed E-state index contributed by atoms with van der Waals surface area (Å²) in [6.07, 6.45) is 1.13. The predicted octanol–water partition coefficient (Wildman–Crippen LogP) is 5.19. The minimum atomic E-state index is 0.125. The molecule has 1 atom stereocenters. The fourth-order valence-corrected chi connectivity index (χ4v) is 5.31. The fraction of sp³-hybridized carbons (Fsp3) is 0.400. The van der Waals surface area contributed by atoms with Gasteiger partial charge in [-0.1, -0.05) is 0 Å². The number of nitrogens with zero attached hydrogens (tertiary/aromatic N) is 4. The SMILES string of the molecule is COc1cc2nc(C)sc2cc1-c1ccc2nc(N3CCC(NC(C)(C)C)C3)ccc2n1. The van der Waals surface area contributed by atoms with Gasteiger partial charge in [-0.25, -0.2) is 15.0 Å². The molecule has 6 nitrogen and oxygen atoms in total. The average Bonchev–Trinajstić information content (AvgIpc) is 3.35. The van der Waals surface area contributed by atoms with Crippen LogP contribution >= 0.6 is 11.3 Å². The molecule has 0 radical (unpaired) electrons. The van der Waals surface area contributed by atoms with Crippen LogP contribution in [0.1, 0.15) is 32.2 Å². The highest BCUT2D eigenvalue weighted by Crippen LogP contribution is 2.36. The van der Waals surface area contributed by atoms with Gasteiger partial charge in [0, 0.05) is 36.3 Å². The Bertz CT molecular complexity index is 1290. The van der Waals surface area contributed by atoms with Crippen molar-refractivity contribution < 1.29 is 4.74 Å². The number of ether oxygens (including phenoxy) is 1. The van der Waals surface area contributed by atoms with Crippen molar-refractivity contribution in [1.29, 1.82) is 0 Å². The number of hydrogen-bond donors (Lipinski definition) is 1. The molecule has 0 bridgehead atoms. The lowest BCUT2D eigenvalue weighted by Crippen LogP contribution is -2.44. The van der Waals surface area contributed by atoms with E-state index in [-0.39, 0.29) is 5.54 Å². The van der Waals surface area contributed by atoms with Crippen LogP contribution < -0.4 is 15.0 Å². The molecule has 4 aromatic rings. The van der Waals surface area contributed by atoms with E-state index in [1.165, 1.54) is 0 Å². The Morgan fingerprint density at radius 1 is 1.03 bits per heavy atom. The van der Waals surface area contributed by atoms with Gasteiger partial charge in [0.2, 0.25) is 0 Å². The number of aryl methyl sites for hydroxylation is 1. The summed E-state index contributed by atoms with van der Waals surface area (Å²) >= 11 is 1.69. The lowest BCUT2D eigenvalue weighted by molar-refractivity contribution is 0.373. The molecular formula is C25H29N5OS. The van der Waals surface area contributed by atoms with Crippen LogP contribution in [0.3, 0.4) is 0 Å². The molecule has 0 aliphatic carbocycles. The van der Waals surface area contributed by atoms with Crippen molar-refractivity contribution in [2.24, 2.45) is 0 Å². The topological polar surface area (TPSA) is 63.2 Å². The number of pyridine rings is 2. The summed E-state index contributed by atoms with van der Waals surface area (Å²) in [7, 11) is 1.69. The molecule has 0 amide bonds. The van der Waals surface area contributed by atoms with Crippen molar-refractivity contribution >= 4 is 38.4 Å². The first-order valence-corrected chi connectivity index (χ1v) is 11.9. The van der Waals surface area contributed by atoms with E-state index in [1.54, 1.807) is 18.4 Å². The molecule has 32 heavy (non-hydrogen) atoms. The Morgan fingerprint density at radius 3 is 2.59 bits per heavy atom. The van der Waals surface area contributed by atoms with Gasteiger partial charge in [-0.2, -0.15) is 0 Å². The quantitative estimate of drug-likeness (QED) is 0.464. The number of fused-ring (bicyclic) bond motifs is 2. The molecule has 1 aromatic carbocycles. The molecule has 0 spiro atoms. The number of nitrogens with one attached hydrogen (secondary N) is 1. The molecule has 5 rings (SSSR count). The van der Waals surface area contributed by atoms with E-state index in [2.05, 4.69) is 60.2 Å². The van der Waals surface area contributed by atoms with Gasteiger partial charge in [-0.3, -0.25) is 0 Å². The van der Waals surface area contributed by atoms with Gasteiger partial charge in [0.05, 0.1) is 39.1 Å². The fourth-order valence-electron chi connectivity index (χ4n) is 4.46. The summed E-state index contributed by atoms with van der Waals surface area (Å²) in [5.74, 6) is 1.80. The van der Waals surface area contributed by atoms with Crippen LogP contribution in [0.25, 0.3) is 32.5 Å². The average molecular weight is 448 g/mol. The summed E-state index contributed by atoms with van der Waals surface area (Å²) in [5, 5.41) is 4.75. The van der Waals surface area contributed by atoms with E-state index in [1.807, 2.05) is 19.1 Å². The van der Waals surface area contributed by atoms with E-state index < -0.39 is 0 Å². The van der Waals surface area contributed by atoms with Gasteiger partial charge in [0.25, 0.3) is 0 Å². The third-order valence-corrected chi connectivity index (χ3v) is 6.70. The summed E-state index contributed by atoms with van der Waals surface area (Å²) < 4.78 is 6.80. The van der Waals surface area contributed by atoms with Crippen LogP contribution in [0.4, 0.5) is 5.82 Å². The standard InChI is InChI=1S/C25H29N5OS/c1-15-26-21-13-22(31-5)17(12-23(21)32-15)18-6-7-20-19(27-18)8-9-24(28-20)30-11-10-16(14-30)29-25(2,3)4/h6-9,12-13,16,29H,10-11,14H2,1-5H3. The number of hydrogen-bond acceptors (Lipinski definition) is 7. The third kappa shape index (κ3) is 4.14. The van der Waals surface area contributed by atoms with Gasteiger partial charge >= 0.3 is 0 Å². The summed E-state index contributed by atoms with van der Waals surface area (Å²) in [6.45, 7) is 10.7. The normalized spacial score (nSPS) is 16.9. The van der Waals surface area contributed by atoms with Crippen molar-refractivity contribution in [1.82, 2.24) is 20.3 Å². The Kier molecular flexibility index (Phi) is 5.26. The van der Waals surface area contributed by atoms with Crippen LogP contribution in [0.2, 0.25) is 0 Å². The van der Waals surface area contributed by atoms with Crippen LogP contribution in [-0.2, 0) is 0 Å². The van der Waals surface area contributed by atoms with E-state index in [0.717, 1.165) is 68.6 Å². The first-order chi connectivity index (χ1) is 15.3. The molecule has 1 fully saturated rings. The zero-order valence-corrected chi connectivity index (χ0v) is 20.1. The number of methoxy groups -OCH3 is 1. The molecule has 1 unspecified atom stereocenters. The second kappa shape index (κ2) is 7.98. The monoisotopic (exact) mass is 447 g/mol. The lowest BCUT2D eigenvalue weighted by Gasteiger charge is -2.26. The van der Waals surface area contributed by atoms with Crippen molar-refractivity contribution in [2.75, 3.05) is 25.1 Å². The number of aromatic nitrogens is 3. The Morgan fingerprint density at radius 2 is 1.81 bits per heavy atom. The number of benzene rings is 1. The maximum Gasteiger partial charge on any atom is 0.130 e. The maximum atomic E-state index is 5.66. The molecule has 1 aliphatic rings. The molecule has 0 saturated carbocycles. The molecule has 7 heteroatoms. The van der Waals surface area contributed by atoms with Gasteiger partial charge in [-0.15, -0.1) is 11.3 Å². The largest absolute Gasteiger partial charge is 0.496 e. The van der Waals surface area contributed by atoms with E-state index in [0.29, 0.717) is 6.04 Å². The van der Waals surface area contributed by atoms with Crippen LogP contribution in [-0.4, -0.2) is 46.7 Å². The van der Waals surface area contributed by atoms with Crippen LogP contribution in [0.5, 0.6) is 5.75 Å². The molecule has 166 valence electrons. The highest BCUT2D eigenvalue weighted by Gasteiger charge is 2.26. The molecule has 3 aromatic heterocycles. The third-order valence-electron chi connectivity index (χ3n) is 5.77. The molecule has 4 heterocycles. The second-order valence-electron chi connectivity index (χ2n) is 9.48. The van der Waals surface area contributed by atoms with Gasteiger partial charge in [-0.05, 0) is 64.4 Å². The van der Waals surface area contributed by atoms with Crippen LogP contribution in [0, 0.1) is 6.92 Å². The van der Waals surface area contributed by atoms with E-state index in [9.17, 15) is 0 Å². The Labute approximate surface area is 192 Å². The van der Waals surface area contributed by atoms with Crippen molar-refractivity contribution in [3.8, 4) is 17.0 Å². The van der Waals surface area contributed by atoms with E-state index in [4.69, 9.17) is 14.7 Å². The molecule has 1 N–H and O–H groups in total. The summed E-state index contributed by atoms with van der Waals surface area (Å²) in [6, 6.07) is 12.9. The minimum Gasteiger partial charge on any atom is -0.496 e. The summed E-state index contributed by atoms with van der Waals surface area (Å²) in [5.41, 5.74) is 4.74. The predicted molar refractivity (Wildman–Crippen MR) is 133 cm³/mol. The lowest BCUT2D eigenvalue weighted by atomic mass is 10.1. The zero-order chi connectivity index (χ0) is 22.5. The Hall–Kier alpha value is -2.77. The van der Waals surface area contributed by atoms with E-state index >= 15 is 0 Å². The first-order valence-electron chi connectivity index (χ1n) is 11.0. The molecule has 1 aliphatic heterocycles. The first kappa shape index (κ1) is 21.1. The Balaban J connectivity index is 1.44. The zero-order valence-electron chi connectivity index (χ0n) is 19.3. The molecular weight excluding hydrogens is 418 g/mol. The van der Waals surface area contributed by atoms with Gasteiger partial charge in [0.1, 0.15) is 11.6 Å². The molecule has 1 saturated heterocycles. The maximum absolute atomic E-state index is 5.66. The van der Waals surface area contributed by atoms with Crippen LogP contribution in [0.15, 0.2) is 36.4 Å². The number of thiazole rings is 1. The number of anilines is 1. The van der Waals surface area contributed by atoms with Crippen molar-refractivity contribution in [3.63, 3.8) is 0 Å². The summed E-state index contributed by atoms with van der Waals surface area (Å²) in [4.78, 5) is 16.8.